The van der Waals surface area contributed by atoms with Crippen LogP contribution >= 0.6 is 0 Å². The van der Waals surface area contributed by atoms with Gasteiger partial charge in [0.25, 0.3) is 0 Å². The van der Waals surface area contributed by atoms with Gasteiger partial charge in [0, 0.05) is 18.6 Å². The number of carbonyl (C=O) groups is 1. The highest BCUT2D eigenvalue weighted by molar-refractivity contribution is 5.98. The van der Waals surface area contributed by atoms with E-state index in [2.05, 4.69) is 5.32 Å². The SMILES string of the molecule is CCC1(CC)O[C@@H](Oc2ccc3c(O)c(NC(=O)C(C)C)c(=O)oc3c2C)[C@H](O)[C@H](O)[C@H]1OC. The standard InChI is InChI=1S/C24H33NO9/c1-7-24(8-2)20(31-6)17(27)18(28)23(34-24)32-14-10-9-13-16(26)15(25-21(29)11(3)4)22(30)33-19(13)12(14)5/h9-11,17-18,20,23,26-28H,7-8H2,1-6H3,(H,25,29)/t17-,18+,20+,23+/m0/s1. The second-order valence-electron chi connectivity index (χ2n) is 8.84. The van der Waals surface area contributed by atoms with E-state index >= 15 is 0 Å². The van der Waals surface area contributed by atoms with Crippen LogP contribution in [0.25, 0.3) is 11.0 Å². The molecule has 0 unspecified atom stereocenters. The van der Waals surface area contributed by atoms with Crippen LogP contribution in [-0.4, -0.2) is 58.5 Å². The first kappa shape index (κ1) is 26.0. The predicted octanol–water partition coefficient (Wildman–Crippen LogP) is 2.43. The zero-order valence-corrected chi connectivity index (χ0v) is 20.2. The highest BCUT2D eigenvalue weighted by Crippen LogP contribution is 2.40. The molecule has 2 aromatic rings. The maximum atomic E-state index is 12.5. The molecule has 0 radical (unpaired) electrons. The minimum absolute atomic E-state index is 0.0559. The van der Waals surface area contributed by atoms with E-state index in [1.165, 1.54) is 19.2 Å². The molecule has 0 aliphatic carbocycles. The van der Waals surface area contributed by atoms with Crippen molar-refractivity contribution in [3.63, 3.8) is 0 Å². The molecule has 0 bridgehead atoms. The van der Waals surface area contributed by atoms with Gasteiger partial charge in [0.2, 0.25) is 12.2 Å². The number of carbonyl (C=O) groups excluding carboxylic acids is 1. The molecule has 0 saturated carbocycles. The van der Waals surface area contributed by atoms with Crippen LogP contribution < -0.4 is 15.7 Å². The molecule has 1 aliphatic rings. The third-order valence-corrected chi connectivity index (χ3v) is 6.52. The Labute approximate surface area is 197 Å². The van der Waals surface area contributed by atoms with Crippen LogP contribution in [0.5, 0.6) is 11.5 Å². The molecule has 188 valence electrons. The Hall–Kier alpha value is -2.66. The number of benzene rings is 1. The first-order valence-electron chi connectivity index (χ1n) is 11.3. The van der Waals surface area contributed by atoms with Crippen LogP contribution in [0.1, 0.15) is 46.1 Å². The molecule has 1 aliphatic heterocycles. The van der Waals surface area contributed by atoms with Crippen molar-refractivity contribution in [2.75, 3.05) is 12.4 Å². The molecule has 10 heteroatoms. The van der Waals surface area contributed by atoms with Crippen LogP contribution in [0.15, 0.2) is 21.3 Å². The zero-order chi connectivity index (χ0) is 25.4. The maximum Gasteiger partial charge on any atom is 0.364 e. The molecule has 2 heterocycles. The van der Waals surface area contributed by atoms with Gasteiger partial charge in [-0.1, -0.05) is 27.7 Å². The number of hydrogen-bond donors (Lipinski definition) is 4. The summed E-state index contributed by atoms with van der Waals surface area (Å²) in [6.45, 7) is 8.71. The highest BCUT2D eigenvalue weighted by Gasteiger charge is 2.53. The Morgan fingerprint density at radius 1 is 1.21 bits per heavy atom. The predicted molar refractivity (Wildman–Crippen MR) is 124 cm³/mol. The number of methoxy groups -OCH3 is 1. The van der Waals surface area contributed by atoms with Gasteiger partial charge in [-0.05, 0) is 31.9 Å². The van der Waals surface area contributed by atoms with Crippen LogP contribution in [-0.2, 0) is 14.3 Å². The summed E-state index contributed by atoms with van der Waals surface area (Å²) in [5.74, 6) is -1.04. The number of aliphatic hydroxyl groups excluding tert-OH is 2. The fourth-order valence-electron chi connectivity index (χ4n) is 4.28. The highest BCUT2D eigenvalue weighted by atomic mass is 16.7. The van der Waals surface area contributed by atoms with Gasteiger partial charge in [-0.2, -0.15) is 0 Å². The molecule has 34 heavy (non-hydrogen) atoms. The quantitative estimate of drug-likeness (QED) is 0.439. The number of rotatable bonds is 7. The summed E-state index contributed by atoms with van der Waals surface area (Å²) >= 11 is 0. The van der Waals surface area contributed by atoms with Crippen molar-refractivity contribution in [2.45, 2.75) is 77.7 Å². The molecular weight excluding hydrogens is 446 g/mol. The fraction of sp³-hybridized carbons (Fsp3) is 0.583. The van der Waals surface area contributed by atoms with E-state index < -0.39 is 53.4 Å². The van der Waals surface area contributed by atoms with Gasteiger partial charge in [0.1, 0.15) is 35.2 Å². The lowest BCUT2D eigenvalue weighted by molar-refractivity contribution is -0.317. The summed E-state index contributed by atoms with van der Waals surface area (Å²) in [7, 11) is 1.45. The number of nitrogens with one attached hydrogen (secondary N) is 1. The first-order chi connectivity index (χ1) is 16.0. The van der Waals surface area contributed by atoms with Gasteiger partial charge >= 0.3 is 5.63 Å². The number of hydrogen-bond acceptors (Lipinski definition) is 9. The van der Waals surface area contributed by atoms with E-state index in [4.69, 9.17) is 18.6 Å². The Kier molecular flexibility index (Phi) is 7.56. The summed E-state index contributed by atoms with van der Waals surface area (Å²) in [5.41, 5.74) is -1.71. The average Bonchev–Trinajstić information content (AvgIpc) is 2.81. The molecule has 10 nitrogen and oxygen atoms in total. The van der Waals surface area contributed by atoms with Gasteiger partial charge in [-0.3, -0.25) is 4.79 Å². The van der Waals surface area contributed by atoms with Crippen LogP contribution in [0.4, 0.5) is 5.69 Å². The first-order valence-corrected chi connectivity index (χ1v) is 11.3. The second kappa shape index (κ2) is 9.91. The molecule has 4 atom stereocenters. The smallest absolute Gasteiger partial charge is 0.364 e. The molecule has 1 aromatic carbocycles. The zero-order valence-electron chi connectivity index (χ0n) is 20.2. The van der Waals surface area contributed by atoms with Crippen molar-refractivity contribution < 1.29 is 38.7 Å². The van der Waals surface area contributed by atoms with Gasteiger partial charge in [0.05, 0.1) is 5.39 Å². The Morgan fingerprint density at radius 2 is 1.85 bits per heavy atom. The third kappa shape index (κ3) is 4.38. The lowest BCUT2D eigenvalue weighted by Crippen LogP contribution is -2.65. The minimum atomic E-state index is -1.40. The largest absolute Gasteiger partial charge is 0.505 e. The molecular formula is C24H33NO9. The van der Waals surface area contributed by atoms with Gasteiger partial charge in [0.15, 0.2) is 11.4 Å². The van der Waals surface area contributed by atoms with Crippen LogP contribution in [0, 0.1) is 12.8 Å². The molecule has 1 aromatic heterocycles. The van der Waals surface area contributed by atoms with Crippen molar-refractivity contribution in [1.29, 1.82) is 0 Å². The van der Waals surface area contributed by atoms with Gasteiger partial charge in [-0.15, -0.1) is 0 Å². The number of ether oxygens (including phenoxy) is 3. The monoisotopic (exact) mass is 479 g/mol. The Morgan fingerprint density at radius 3 is 2.41 bits per heavy atom. The van der Waals surface area contributed by atoms with E-state index in [1.54, 1.807) is 20.8 Å². The summed E-state index contributed by atoms with van der Waals surface area (Å²) in [6.07, 6.45) is -3.60. The Balaban J connectivity index is 1.99. The minimum Gasteiger partial charge on any atom is -0.505 e. The average molecular weight is 480 g/mol. The van der Waals surface area contributed by atoms with E-state index in [-0.39, 0.29) is 22.4 Å². The molecule has 1 amide bonds. The van der Waals surface area contributed by atoms with Crippen LogP contribution in [0.2, 0.25) is 0 Å². The lowest BCUT2D eigenvalue weighted by Gasteiger charge is -2.49. The molecule has 0 spiro atoms. The van der Waals surface area contributed by atoms with Crippen molar-refractivity contribution in [3.8, 4) is 11.5 Å². The second-order valence-corrected chi connectivity index (χ2v) is 8.84. The van der Waals surface area contributed by atoms with E-state index in [0.717, 1.165) is 0 Å². The summed E-state index contributed by atoms with van der Waals surface area (Å²) in [4.78, 5) is 24.5. The number of anilines is 1. The van der Waals surface area contributed by atoms with E-state index in [1.807, 2.05) is 13.8 Å². The van der Waals surface area contributed by atoms with E-state index in [9.17, 15) is 24.9 Å². The summed E-state index contributed by atoms with van der Waals surface area (Å²) in [5, 5.41) is 34.6. The van der Waals surface area contributed by atoms with Gasteiger partial charge in [-0.25, -0.2) is 4.79 Å². The number of amides is 1. The number of aromatic hydroxyl groups is 1. The lowest BCUT2D eigenvalue weighted by atomic mass is 9.82. The molecule has 1 fully saturated rings. The summed E-state index contributed by atoms with van der Waals surface area (Å²) < 4.78 is 22.9. The molecule has 1 saturated heterocycles. The molecule has 4 N–H and O–H groups in total. The van der Waals surface area contributed by atoms with Crippen LogP contribution in [0.3, 0.4) is 0 Å². The third-order valence-electron chi connectivity index (χ3n) is 6.52. The summed E-state index contributed by atoms with van der Waals surface area (Å²) in [6, 6.07) is 2.99. The Bertz CT molecular complexity index is 1110. The number of fused-ring (bicyclic) bond motifs is 1. The van der Waals surface area contributed by atoms with Crippen molar-refractivity contribution in [1.82, 2.24) is 0 Å². The van der Waals surface area contributed by atoms with Crippen molar-refractivity contribution in [3.05, 3.63) is 28.1 Å². The number of aliphatic hydroxyl groups is 2. The van der Waals surface area contributed by atoms with Crippen molar-refractivity contribution in [2.24, 2.45) is 5.92 Å². The fourth-order valence-corrected chi connectivity index (χ4v) is 4.28. The van der Waals surface area contributed by atoms with Gasteiger partial charge < -0.3 is 39.3 Å². The van der Waals surface area contributed by atoms with E-state index in [0.29, 0.717) is 18.4 Å². The van der Waals surface area contributed by atoms with Crippen molar-refractivity contribution >= 4 is 22.6 Å². The number of aryl methyl sites for hydroxylation is 1. The normalized spacial score (nSPS) is 24.4. The molecule has 3 rings (SSSR count). The maximum absolute atomic E-state index is 12.5. The topological polar surface area (TPSA) is 148 Å².